The van der Waals surface area contributed by atoms with E-state index in [9.17, 15) is 0 Å². The lowest BCUT2D eigenvalue weighted by molar-refractivity contribution is 0.471. The van der Waals surface area contributed by atoms with Gasteiger partial charge in [0.05, 0.1) is 0 Å². The number of H-pyrrole nitrogens is 1. The first kappa shape index (κ1) is 10.2. The quantitative estimate of drug-likeness (QED) is 0.731. The number of hydrogen-bond acceptors (Lipinski definition) is 3. The van der Waals surface area contributed by atoms with Gasteiger partial charge < -0.3 is 5.73 Å². The summed E-state index contributed by atoms with van der Waals surface area (Å²) in [5, 5.41) is 6.97. The average Bonchev–Trinajstić information content (AvgIpc) is 2.47. The summed E-state index contributed by atoms with van der Waals surface area (Å²) in [6, 6.07) is 0. The van der Waals surface area contributed by atoms with Crippen LogP contribution in [0.5, 0.6) is 0 Å². The molecule has 0 amide bonds. The van der Waals surface area contributed by atoms with Crippen LogP contribution in [0.2, 0.25) is 0 Å². The highest BCUT2D eigenvalue weighted by Gasteiger charge is 2.11. The minimum Gasteiger partial charge on any atom is -0.326 e. The lowest BCUT2D eigenvalue weighted by Gasteiger charge is -2.16. The van der Waals surface area contributed by atoms with Crippen molar-refractivity contribution in [2.75, 3.05) is 0 Å². The molecule has 0 saturated carbocycles. The second kappa shape index (κ2) is 3.87. The minimum absolute atomic E-state index is 0.126. The van der Waals surface area contributed by atoms with Gasteiger partial charge in [0.15, 0.2) is 0 Å². The van der Waals surface area contributed by atoms with Crippen LogP contribution < -0.4 is 5.73 Å². The van der Waals surface area contributed by atoms with Crippen molar-refractivity contribution in [1.82, 2.24) is 15.2 Å². The van der Waals surface area contributed by atoms with Crippen LogP contribution in [-0.4, -0.2) is 20.7 Å². The largest absolute Gasteiger partial charge is 0.326 e. The molecule has 0 aliphatic carbocycles. The SMILES string of the molecule is CCc1n[nH]c(CCC(C)(C)N)n1. The third-order valence-electron chi connectivity index (χ3n) is 1.90. The zero-order valence-electron chi connectivity index (χ0n) is 8.59. The Bertz CT molecular complexity index is 259. The summed E-state index contributed by atoms with van der Waals surface area (Å²) in [5.74, 6) is 1.82. The van der Waals surface area contributed by atoms with Crippen LogP contribution in [-0.2, 0) is 12.8 Å². The Balaban J connectivity index is 2.46. The van der Waals surface area contributed by atoms with E-state index in [1.807, 2.05) is 20.8 Å². The van der Waals surface area contributed by atoms with Crippen LogP contribution in [0.1, 0.15) is 38.8 Å². The zero-order chi connectivity index (χ0) is 9.90. The van der Waals surface area contributed by atoms with Crippen molar-refractivity contribution in [2.24, 2.45) is 5.73 Å². The molecule has 1 aromatic rings. The molecule has 0 aliphatic rings. The van der Waals surface area contributed by atoms with Crippen LogP contribution in [0.4, 0.5) is 0 Å². The molecular formula is C9H18N4. The van der Waals surface area contributed by atoms with E-state index in [4.69, 9.17) is 5.73 Å². The van der Waals surface area contributed by atoms with E-state index in [1.54, 1.807) is 0 Å². The lowest BCUT2D eigenvalue weighted by Crippen LogP contribution is -2.32. The summed E-state index contributed by atoms with van der Waals surface area (Å²) in [7, 11) is 0. The highest BCUT2D eigenvalue weighted by molar-refractivity contribution is 4.91. The van der Waals surface area contributed by atoms with Gasteiger partial charge in [-0.15, -0.1) is 0 Å². The molecule has 1 rings (SSSR count). The second-order valence-electron chi connectivity index (χ2n) is 4.04. The summed E-state index contributed by atoms with van der Waals surface area (Å²) in [6.07, 6.45) is 2.67. The predicted molar refractivity (Wildman–Crippen MR) is 52.3 cm³/mol. The van der Waals surface area contributed by atoms with Crippen molar-refractivity contribution >= 4 is 0 Å². The molecule has 0 saturated heterocycles. The van der Waals surface area contributed by atoms with Crippen molar-refractivity contribution in [3.8, 4) is 0 Å². The smallest absolute Gasteiger partial charge is 0.150 e. The Morgan fingerprint density at radius 2 is 2.15 bits per heavy atom. The van der Waals surface area contributed by atoms with Crippen LogP contribution >= 0.6 is 0 Å². The fourth-order valence-corrected chi connectivity index (χ4v) is 1.05. The number of aromatic amines is 1. The van der Waals surface area contributed by atoms with E-state index in [-0.39, 0.29) is 5.54 Å². The Hall–Kier alpha value is -0.900. The van der Waals surface area contributed by atoms with E-state index < -0.39 is 0 Å². The van der Waals surface area contributed by atoms with E-state index in [1.165, 1.54) is 0 Å². The van der Waals surface area contributed by atoms with Crippen molar-refractivity contribution in [3.63, 3.8) is 0 Å². The van der Waals surface area contributed by atoms with Crippen LogP contribution in [0, 0.1) is 0 Å². The van der Waals surface area contributed by atoms with Gasteiger partial charge in [0.25, 0.3) is 0 Å². The third-order valence-corrected chi connectivity index (χ3v) is 1.90. The molecule has 0 atom stereocenters. The normalized spacial score (nSPS) is 12.0. The van der Waals surface area contributed by atoms with Gasteiger partial charge in [-0.05, 0) is 20.3 Å². The fourth-order valence-electron chi connectivity index (χ4n) is 1.05. The fraction of sp³-hybridized carbons (Fsp3) is 0.778. The Morgan fingerprint density at radius 3 is 2.62 bits per heavy atom. The number of nitrogens with one attached hydrogen (secondary N) is 1. The first-order valence-electron chi connectivity index (χ1n) is 4.70. The van der Waals surface area contributed by atoms with Crippen molar-refractivity contribution in [1.29, 1.82) is 0 Å². The van der Waals surface area contributed by atoms with Crippen LogP contribution in [0.3, 0.4) is 0 Å². The van der Waals surface area contributed by atoms with E-state index in [2.05, 4.69) is 15.2 Å². The molecule has 1 aromatic heterocycles. The maximum atomic E-state index is 5.86. The van der Waals surface area contributed by atoms with E-state index >= 15 is 0 Å². The van der Waals surface area contributed by atoms with Gasteiger partial charge in [-0.2, -0.15) is 5.10 Å². The lowest BCUT2D eigenvalue weighted by atomic mass is 10.0. The molecule has 0 spiro atoms. The summed E-state index contributed by atoms with van der Waals surface area (Å²) in [4.78, 5) is 4.31. The molecule has 0 radical (unpaired) electrons. The summed E-state index contributed by atoms with van der Waals surface area (Å²) < 4.78 is 0. The van der Waals surface area contributed by atoms with Crippen molar-refractivity contribution in [2.45, 2.75) is 45.6 Å². The Morgan fingerprint density at radius 1 is 1.46 bits per heavy atom. The topological polar surface area (TPSA) is 67.6 Å². The molecule has 13 heavy (non-hydrogen) atoms. The monoisotopic (exact) mass is 182 g/mol. The molecule has 0 bridgehead atoms. The molecule has 74 valence electrons. The first-order chi connectivity index (χ1) is 6.01. The zero-order valence-corrected chi connectivity index (χ0v) is 8.59. The molecule has 0 unspecified atom stereocenters. The molecular weight excluding hydrogens is 164 g/mol. The van der Waals surface area contributed by atoms with Gasteiger partial charge in [-0.1, -0.05) is 6.92 Å². The van der Waals surface area contributed by atoms with Crippen molar-refractivity contribution in [3.05, 3.63) is 11.6 Å². The Kier molecular flexibility index (Phi) is 3.03. The van der Waals surface area contributed by atoms with Gasteiger partial charge in [-0.25, -0.2) is 4.98 Å². The van der Waals surface area contributed by atoms with E-state index in [0.717, 1.165) is 30.9 Å². The van der Waals surface area contributed by atoms with Crippen LogP contribution in [0.15, 0.2) is 0 Å². The van der Waals surface area contributed by atoms with Crippen molar-refractivity contribution < 1.29 is 0 Å². The number of aryl methyl sites for hydroxylation is 2. The number of nitrogens with zero attached hydrogens (tertiary/aromatic N) is 2. The molecule has 1 heterocycles. The number of rotatable bonds is 4. The Labute approximate surface area is 78.9 Å². The number of aromatic nitrogens is 3. The van der Waals surface area contributed by atoms with Gasteiger partial charge in [0.2, 0.25) is 0 Å². The van der Waals surface area contributed by atoms with Crippen LogP contribution in [0.25, 0.3) is 0 Å². The van der Waals surface area contributed by atoms with Gasteiger partial charge in [0.1, 0.15) is 11.6 Å². The molecule has 0 fully saturated rings. The number of nitrogens with two attached hydrogens (primary N) is 1. The molecule has 0 aliphatic heterocycles. The second-order valence-corrected chi connectivity index (χ2v) is 4.04. The highest BCUT2D eigenvalue weighted by atomic mass is 15.2. The average molecular weight is 182 g/mol. The minimum atomic E-state index is -0.126. The highest BCUT2D eigenvalue weighted by Crippen LogP contribution is 2.07. The summed E-state index contributed by atoms with van der Waals surface area (Å²) in [5.41, 5.74) is 5.73. The maximum Gasteiger partial charge on any atom is 0.150 e. The number of hydrogen-bond donors (Lipinski definition) is 2. The first-order valence-corrected chi connectivity index (χ1v) is 4.70. The standard InChI is InChI=1S/C9H18N4/c1-4-7-11-8(13-12-7)5-6-9(2,3)10/h4-6,10H2,1-3H3,(H,11,12,13). The molecule has 4 nitrogen and oxygen atoms in total. The molecule has 4 heteroatoms. The summed E-state index contributed by atoms with van der Waals surface area (Å²) >= 11 is 0. The van der Waals surface area contributed by atoms with Gasteiger partial charge in [0, 0.05) is 18.4 Å². The predicted octanol–water partition coefficient (Wildman–Crippen LogP) is 1.04. The van der Waals surface area contributed by atoms with Gasteiger partial charge >= 0.3 is 0 Å². The van der Waals surface area contributed by atoms with Gasteiger partial charge in [-0.3, -0.25) is 5.10 Å². The maximum absolute atomic E-state index is 5.86. The summed E-state index contributed by atoms with van der Waals surface area (Å²) in [6.45, 7) is 6.08. The molecule has 0 aromatic carbocycles. The third kappa shape index (κ3) is 3.55. The molecule has 3 N–H and O–H groups in total. The van der Waals surface area contributed by atoms with E-state index in [0.29, 0.717) is 0 Å².